The summed E-state index contributed by atoms with van der Waals surface area (Å²) in [4.78, 5) is 28.1. The van der Waals surface area contributed by atoms with E-state index >= 15 is 0 Å². The van der Waals surface area contributed by atoms with Crippen LogP contribution in [0.2, 0.25) is 0 Å². The van der Waals surface area contributed by atoms with Crippen LogP contribution in [-0.4, -0.2) is 31.2 Å². The standard InChI is InChI=1S/C22H24N2O3S/c1-4-11-28-20-8-6-5-7-17(20)23-22(26)16-13-21(25)24(14-16)18-12-15(2)9-10-19(18)27-3/h4-10,12,16H,1,11,13-14H2,2-3H3,(H,23,26). The summed E-state index contributed by atoms with van der Waals surface area (Å²) >= 11 is 1.61. The van der Waals surface area contributed by atoms with Gasteiger partial charge in [0.05, 0.1) is 24.4 Å². The zero-order chi connectivity index (χ0) is 20.1. The molecule has 146 valence electrons. The number of rotatable bonds is 7. The Bertz CT molecular complexity index is 897. The van der Waals surface area contributed by atoms with E-state index in [1.54, 1.807) is 23.8 Å². The highest BCUT2D eigenvalue weighted by atomic mass is 32.2. The van der Waals surface area contributed by atoms with Crippen LogP contribution in [0.3, 0.4) is 0 Å². The molecule has 0 aromatic heterocycles. The monoisotopic (exact) mass is 396 g/mol. The summed E-state index contributed by atoms with van der Waals surface area (Å²) in [6.07, 6.45) is 2.01. The summed E-state index contributed by atoms with van der Waals surface area (Å²) in [5, 5.41) is 2.99. The molecule has 1 atom stereocenters. The molecule has 6 heteroatoms. The van der Waals surface area contributed by atoms with Gasteiger partial charge in [0.1, 0.15) is 5.75 Å². The molecule has 28 heavy (non-hydrogen) atoms. The van der Waals surface area contributed by atoms with Crippen molar-refractivity contribution in [1.82, 2.24) is 0 Å². The van der Waals surface area contributed by atoms with Gasteiger partial charge in [-0.05, 0) is 36.8 Å². The Morgan fingerprint density at radius 1 is 1.36 bits per heavy atom. The van der Waals surface area contributed by atoms with Crippen LogP contribution in [0.4, 0.5) is 11.4 Å². The van der Waals surface area contributed by atoms with Crippen LogP contribution in [0.25, 0.3) is 0 Å². The molecule has 5 nitrogen and oxygen atoms in total. The van der Waals surface area contributed by atoms with E-state index in [2.05, 4.69) is 11.9 Å². The van der Waals surface area contributed by atoms with Gasteiger partial charge in [-0.2, -0.15) is 0 Å². The number of ether oxygens (including phenoxy) is 1. The third-order valence-electron chi connectivity index (χ3n) is 4.62. The fourth-order valence-electron chi connectivity index (χ4n) is 3.21. The van der Waals surface area contributed by atoms with Gasteiger partial charge in [-0.15, -0.1) is 18.3 Å². The topological polar surface area (TPSA) is 58.6 Å². The number of nitrogens with zero attached hydrogens (tertiary/aromatic N) is 1. The molecule has 1 saturated heterocycles. The third-order valence-corrected chi connectivity index (χ3v) is 5.69. The van der Waals surface area contributed by atoms with Crippen molar-refractivity contribution in [2.75, 3.05) is 29.6 Å². The molecule has 0 bridgehead atoms. The Morgan fingerprint density at radius 2 is 2.14 bits per heavy atom. The number of hydrogen-bond donors (Lipinski definition) is 1. The molecule has 3 rings (SSSR count). The van der Waals surface area contributed by atoms with Crippen molar-refractivity contribution < 1.29 is 14.3 Å². The average molecular weight is 397 g/mol. The van der Waals surface area contributed by atoms with E-state index in [0.29, 0.717) is 18.0 Å². The minimum Gasteiger partial charge on any atom is -0.495 e. The van der Waals surface area contributed by atoms with E-state index in [9.17, 15) is 9.59 Å². The lowest BCUT2D eigenvalue weighted by Gasteiger charge is -2.20. The van der Waals surface area contributed by atoms with Crippen LogP contribution in [-0.2, 0) is 9.59 Å². The van der Waals surface area contributed by atoms with Crippen molar-refractivity contribution in [1.29, 1.82) is 0 Å². The minimum absolute atomic E-state index is 0.0710. The number of amides is 2. The van der Waals surface area contributed by atoms with E-state index in [1.807, 2.05) is 55.5 Å². The number of anilines is 2. The van der Waals surface area contributed by atoms with E-state index in [0.717, 1.165) is 21.9 Å². The highest BCUT2D eigenvalue weighted by Crippen LogP contribution is 2.34. The van der Waals surface area contributed by atoms with Crippen LogP contribution in [0, 0.1) is 12.8 Å². The fraction of sp³-hybridized carbons (Fsp3) is 0.273. The SMILES string of the molecule is C=CCSc1ccccc1NC(=O)C1CC(=O)N(c2cc(C)ccc2OC)C1. The number of thioether (sulfide) groups is 1. The Balaban J connectivity index is 1.75. The van der Waals surface area contributed by atoms with Crippen molar-refractivity contribution in [2.24, 2.45) is 5.92 Å². The summed E-state index contributed by atoms with van der Waals surface area (Å²) in [5.41, 5.74) is 2.51. The molecule has 0 saturated carbocycles. The maximum Gasteiger partial charge on any atom is 0.229 e. The predicted octanol–water partition coefficient (Wildman–Crippen LogP) is 4.27. The van der Waals surface area contributed by atoms with Gasteiger partial charge in [-0.3, -0.25) is 9.59 Å². The lowest BCUT2D eigenvalue weighted by molar-refractivity contribution is -0.122. The summed E-state index contributed by atoms with van der Waals surface area (Å²) < 4.78 is 5.40. The van der Waals surface area contributed by atoms with Crippen molar-refractivity contribution in [2.45, 2.75) is 18.2 Å². The second-order valence-corrected chi connectivity index (χ2v) is 7.73. The van der Waals surface area contributed by atoms with E-state index < -0.39 is 5.92 Å². The number of aryl methyl sites for hydroxylation is 1. The fourth-order valence-corrected chi connectivity index (χ4v) is 3.95. The highest BCUT2D eigenvalue weighted by molar-refractivity contribution is 7.99. The molecule has 1 heterocycles. The molecule has 2 amide bonds. The molecule has 1 unspecified atom stereocenters. The number of carbonyl (C=O) groups excluding carboxylic acids is 2. The number of hydrogen-bond acceptors (Lipinski definition) is 4. The lowest BCUT2D eigenvalue weighted by Crippen LogP contribution is -2.28. The second-order valence-electron chi connectivity index (χ2n) is 6.67. The van der Waals surface area contributed by atoms with Crippen molar-refractivity contribution >= 4 is 35.0 Å². The van der Waals surface area contributed by atoms with Crippen molar-refractivity contribution in [3.63, 3.8) is 0 Å². The van der Waals surface area contributed by atoms with Gasteiger partial charge in [0, 0.05) is 23.6 Å². The average Bonchev–Trinajstić information content (AvgIpc) is 3.09. The number of methoxy groups -OCH3 is 1. The first-order valence-corrected chi connectivity index (χ1v) is 10.1. The minimum atomic E-state index is -0.407. The zero-order valence-corrected chi connectivity index (χ0v) is 16.9. The Morgan fingerprint density at radius 3 is 2.89 bits per heavy atom. The van der Waals surface area contributed by atoms with Gasteiger partial charge in [-0.1, -0.05) is 24.3 Å². The van der Waals surface area contributed by atoms with Crippen LogP contribution in [0.15, 0.2) is 60.0 Å². The molecule has 1 fully saturated rings. The number of benzene rings is 2. The molecular weight excluding hydrogens is 372 g/mol. The van der Waals surface area contributed by atoms with Crippen LogP contribution < -0.4 is 15.0 Å². The molecule has 0 spiro atoms. The maximum absolute atomic E-state index is 12.8. The Labute approximate surface area is 169 Å². The molecule has 2 aromatic rings. The molecule has 1 aliphatic heterocycles. The predicted molar refractivity (Wildman–Crippen MR) is 114 cm³/mol. The first-order chi connectivity index (χ1) is 13.5. The number of nitrogens with one attached hydrogen (secondary N) is 1. The van der Waals surface area contributed by atoms with Crippen LogP contribution >= 0.6 is 11.8 Å². The summed E-state index contributed by atoms with van der Waals surface area (Å²) in [6, 6.07) is 13.4. The molecule has 1 aliphatic rings. The van der Waals surface area contributed by atoms with E-state index in [-0.39, 0.29) is 18.2 Å². The second kappa shape index (κ2) is 8.97. The van der Waals surface area contributed by atoms with E-state index in [4.69, 9.17) is 4.74 Å². The van der Waals surface area contributed by atoms with Gasteiger partial charge in [0.15, 0.2) is 0 Å². The smallest absolute Gasteiger partial charge is 0.229 e. The van der Waals surface area contributed by atoms with Gasteiger partial charge in [0.2, 0.25) is 11.8 Å². The molecule has 0 radical (unpaired) electrons. The lowest BCUT2D eigenvalue weighted by atomic mass is 10.1. The van der Waals surface area contributed by atoms with E-state index in [1.165, 1.54) is 0 Å². The first kappa shape index (κ1) is 20.0. The maximum atomic E-state index is 12.8. The molecule has 2 aromatic carbocycles. The molecule has 0 aliphatic carbocycles. The van der Waals surface area contributed by atoms with Crippen molar-refractivity contribution in [3.8, 4) is 5.75 Å². The first-order valence-electron chi connectivity index (χ1n) is 9.12. The Kier molecular flexibility index (Phi) is 6.41. The van der Waals surface area contributed by atoms with Gasteiger partial charge in [-0.25, -0.2) is 0 Å². The Hall–Kier alpha value is -2.73. The number of carbonyl (C=O) groups is 2. The van der Waals surface area contributed by atoms with Crippen LogP contribution in [0.5, 0.6) is 5.75 Å². The van der Waals surface area contributed by atoms with Gasteiger partial charge < -0.3 is 15.0 Å². The quantitative estimate of drug-likeness (QED) is 0.561. The van der Waals surface area contributed by atoms with Crippen LogP contribution in [0.1, 0.15) is 12.0 Å². The highest BCUT2D eigenvalue weighted by Gasteiger charge is 2.36. The molecule has 1 N–H and O–H groups in total. The summed E-state index contributed by atoms with van der Waals surface area (Å²) in [7, 11) is 1.58. The largest absolute Gasteiger partial charge is 0.495 e. The summed E-state index contributed by atoms with van der Waals surface area (Å²) in [5.74, 6) is 0.768. The van der Waals surface area contributed by atoms with Gasteiger partial charge >= 0.3 is 0 Å². The normalized spacial score (nSPS) is 16.1. The van der Waals surface area contributed by atoms with Crippen molar-refractivity contribution in [3.05, 3.63) is 60.7 Å². The third kappa shape index (κ3) is 4.39. The number of para-hydroxylation sites is 1. The zero-order valence-electron chi connectivity index (χ0n) is 16.1. The summed E-state index contributed by atoms with van der Waals surface area (Å²) in [6.45, 7) is 6.04. The van der Waals surface area contributed by atoms with Gasteiger partial charge in [0.25, 0.3) is 0 Å². The molecular formula is C22H24N2O3S.